The van der Waals surface area contributed by atoms with Crippen LogP contribution in [-0.2, 0) is 4.74 Å². The minimum atomic E-state index is 0.397. The molecule has 1 saturated heterocycles. The van der Waals surface area contributed by atoms with E-state index in [1.54, 1.807) is 0 Å². The van der Waals surface area contributed by atoms with Crippen LogP contribution in [0.5, 0.6) is 0 Å². The molecule has 0 saturated carbocycles. The third-order valence-electron chi connectivity index (χ3n) is 6.11. The van der Waals surface area contributed by atoms with Gasteiger partial charge in [-0.3, -0.25) is 4.90 Å². The Balaban J connectivity index is 1.63. The van der Waals surface area contributed by atoms with Gasteiger partial charge in [0.15, 0.2) is 0 Å². The molecule has 4 heteroatoms. The lowest BCUT2D eigenvalue weighted by Crippen LogP contribution is -2.47. The molecule has 0 bridgehead atoms. The second-order valence-electron chi connectivity index (χ2n) is 8.55. The quantitative estimate of drug-likeness (QED) is 0.500. The molecule has 2 aromatic carbocycles. The van der Waals surface area contributed by atoms with Gasteiger partial charge in [-0.2, -0.15) is 0 Å². The van der Waals surface area contributed by atoms with Gasteiger partial charge in [0.05, 0.1) is 31.0 Å². The highest BCUT2D eigenvalue weighted by Gasteiger charge is 2.31. The summed E-state index contributed by atoms with van der Waals surface area (Å²) >= 11 is 1.99. The molecule has 0 N–H and O–H groups in total. The fourth-order valence-electron chi connectivity index (χ4n) is 4.64. The molecular formula is C26H34N2OS. The Morgan fingerprint density at radius 2 is 1.83 bits per heavy atom. The predicted octanol–water partition coefficient (Wildman–Crippen LogP) is 5.79. The van der Waals surface area contributed by atoms with E-state index in [-0.39, 0.29) is 0 Å². The van der Waals surface area contributed by atoms with E-state index in [0.717, 1.165) is 30.9 Å². The summed E-state index contributed by atoms with van der Waals surface area (Å²) in [7, 11) is 0. The van der Waals surface area contributed by atoms with E-state index in [2.05, 4.69) is 71.0 Å². The van der Waals surface area contributed by atoms with Crippen LogP contribution < -0.4 is 4.90 Å². The molecule has 1 fully saturated rings. The molecule has 3 nitrogen and oxygen atoms in total. The number of nitrogens with zero attached hydrogens (tertiary/aromatic N) is 2. The highest BCUT2D eigenvalue weighted by Crippen LogP contribution is 2.41. The summed E-state index contributed by atoms with van der Waals surface area (Å²) in [5.74, 6) is 1.15. The van der Waals surface area contributed by atoms with Crippen molar-refractivity contribution < 1.29 is 4.74 Å². The van der Waals surface area contributed by atoms with Crippen LogP contribution >= 0.6 is 11.8 Å². The van der Waals surface area contributed by atoms with Gasteiger partial charge in [0.2, 0.25) is 0 Å². The van der Waals surface area contributed by atoms with Crippen molar-refractivity contribution in [1.29, 1.82) is 0 Å². The van der Waals surface area contributed by atoms with Crippen molar-refractivity contribution in [3.05, 3.63) is 72.3 Å². The number of ether oxygens (including phenoxy) is 1. The lowest BCUT2D eigenvalue weighted by atomic mass is 10.0. The van der Waals surface area contributed by atoms with Crippen LogP contribution in [0.1, 0.15) is 37.8 Å². The third-order valence-corrected chi connectivity index (χ3v) is 7.20. The second kappa shape index (κ2) is 10.5. The highest BCUT2D eigenvalue weighted by atomic mass is 32.2. The minimum absolute atomic E-state index is 0.397. The fraction of sp³-hybridized carbons (Fsp3) is 0.462. The smallest absolute Gasteiger partial charge is 0.0672 e. The Hall–Kier alpha value is -1.75. The van der Waals surface area contributed by atoms with Gasteiger partial charge in [-0.25, -0.2) is 0 Å². The lowest BCUT2D eigenvalue weighted by Gasteiger charge is -2.39. The van der Waals surface area contributed by atoms with Gasteiger partial charge >= 0.3 is 0 Å². The van der Waals surface area contributed by atoms with E-state index < -0.39 is 0 Å². The van der Waals surface area contributed by atoms with E-state index in [0.29, 0.717) is 18.7 Å². The Kier molecular flexibility index (Phi) is 7.53. The van der Waals surface area contributed by atoms with Crippen LogP contribution in [0.3, 0.4) is 0 Å². The lowest BCUT2D eigenvalue weighted by molar-refractivity contribution is 0.0836. The Morgan fingerprint density at radius 3 is 2.60 bits per heavy atom. The number of thioether (sulfide) groups is 1. The molecule has 2 heterocycles. The monoisotopic (exact) mass is 422 g/mol. The zero-order valence-electron chi connectivity index (χ0n) is 18.1. The van der Waals surface area contributed by atoms with Gasteiger partial charge < -0.3 is 9.64 Å². The van der Waals surface area contributed by atoms with Crippen LogP contribution in [0.25, 0.3) is 0 Å². The van der Waals surface area contributed by atoms with Crippen molar-refractivity contribution in [3.8, 4) is 0 Å². The van der Waals surface area contributed by atoms with Crippen LogP contribution in [0, 0.1) is 0 Å². The maximum Gasteiger partial charge on any atom is 0.0672 e. The van der Waals surface area contributed by atoms with Crippen molar-refractivity contribution in [3.63, 3.8) is 0 Å². The van der Waals surface area contributed by atoms with Gasteiger partial charge in [0.1, 0.15) is 0 Å². The van der Waals surface area contributed by atoms with Crippen molar-refractivity contribution in [2.75, 3.05) is 43.5 Å². The van der Waals surface area contributed by atoms with Gasteiger partial charge in [0.25, 0.3) is 0 Å². The first kappa shape index (κ1) is 21.5. The topological polar surface area (TPSA) is 15.7 Å². The molecule has 4 rings (SSSR count). The normalized spacial score (nSPS) is 20.6. The van der Waals surface area contributed by atoms with Crippen LogP contribution in [0.4, 0.5) is 5.69 Å². The van der Waals surface area contributed by atoms with Gasteiger partial charge in [-0.05, 0) is 57.0 Å². The van der Waals surface area contributed by atoms with E-state index in [1.165, 1.54) is 42.1 Å². The number of anilines is 1. The average Bonchev–Trinajstić information content (AvgIpc) is 3.23. The minimum Gasteiger partial charge on any atom is -0.375 e. The second-order valence-corrected chi connectivity index (χ2v) is 9.69. The Labute approximate surface area is 186 Å². The van der Waals surface area contributed by atoms with Crippen LogP contribution in [0.15, 0.2) is 71.6 Å². The molecule has 0 radical (unpaired) electrons. The largest absolute Gasteiger partial charge is 0.375 e. The average molecular weight is 423 g/mol. The number of hydrogen-bond donors (Lipinski definition) is 0. The molecule has 0 spiro atoms. The molecule has 0 aromatic heterocycles. The molecule has 0 aliphatic carbocycles. The zero-order valence-corrected chi connectivity index (χ0v) is 18.9. The summed E-state index contributed by atoms with van der Waals surface area (Å²) in [6.45, 7) is 10.8. The summed E-state index contributed by atoms with van der Waals surface area (Å²) in [4.78, 5) is 6.71. The van der Waals surface area contributed by atoms with Crippen LogP contribution in [-0.4, -0.2) is 49.5 Å². The van der Waals surface area contributed by atoms with Crippen molar-refractivity contribution in [1.82, 2.24) is 4.90 Å². The molecule has 160 valence electrons. The van der Waals surface area contributed by atoms with Gasteiger partial charge in [0, 0.05) is 17.2 Å². The van der Waals surface area contributed by atoms with E-state index in [1.807, 2.05) is 18.7 Å². The fourth-order valence-corrected chi connectivity index (χ4v) is 5.71. The molecule has 2 aromatic rings. The molecule has 2 unspecified atom stereocenters. The summed E-state index contributed by atoms with van der Waals surface area (Å²) in [5.41, 5.74) is 3.88. The summed E-state index contributed by atoms with van der Waals surface area (Å²) < 4.78 is 6.10. The molecule has 0 amide bonds. The Morgan fingerprint density at radius 1 is 1.10 bits per heavy atom. The maximum atomic E-state index is 6.10. The number of fused-ring (bicyclic) bond motifs is 1. The summed E-state index contributed by atoms with van der Waals surface area (Å²) in [6, 6.07) is 20.8. The summed E-state index contributed by atoms with van der Waals surface area (Å²) in [5, 5.41) is 0. The zero-order chi connectivity index (χ0) is 20.8. The molecule has 2 aliphatic heterocycles. The Bertz CT molecular complexity index is 819. The highest BCUT2D eigenvalue weighted by molar-refractivity contribution is 7.99. The van der Waals surface area contributed by atoms with Crippen molar-refractivity contribution in [2.45, 2.75) is 43.2 Å². The van der Waals surface area contributed by atoms with E-state index in [4.69, 9.17) is 4.74 Å². The summed E-state index contributed by atoms with van der Waals surface area (Å²) in [6.07, 6.45) is 3.75. The van der Waals surface area contributed by atoms with E-state index >= 15 is 0 Å². The van der Waals surface area contributed by atoms with Crippen molar-refractivity contribution in [2.24, 2.45) is 0 Å². The first-order valence-electron chi connectivity index (χ1n) is 11.2. The molecule has 30 heavy (non-hydrogen) atoms. The number of likely N-dealkylation sites (tertiary alicyclic amines) is 1. The number of para-hydroxylation sites is 1. The predicted molar refractivity (Wildman–Crippen MR) is 129 cm³/mol. The van der Waals surface area contributed by atoms with Gasteiger partial charge in [-0.15, -0.1) is 11.8 Å². The van der Waals surface area contributed by atoms with E-state index in [9.17, 15) is 0 Å². The third kappa shape index (κ3) is 5.29. The number of rotatable bonds is 8. The maximum absolute atomic E-state index is 6.10. The van der Waals surface area contributed by atoms with Gasteiger partial charge in [-0.1, -0.05) is 54.6 Å². The number of hydrogen-bond acceptors (Lipinski definition) is 4. The molecular weight excluding hydrogens is 388 g/mol. The first-order valence-corrected chi connectivity index (χ1v) is 12.2. The standard InChI is InChI=1S/C26H34N2OS/c1-21(2)19-29-20-23(27-15-8-9-16-27)18-28-24(22-10-4-3-5-11-22)14-17-30-26-13-7-6-12-25(26)28/h3-7,10-13,23-24H,1,8-9,14-20H2,2H3. The van der Waals surface area contributed by atoms with Crippen molar-refractivity contribution >= 4 is 17.4 Å². The van der Waals surface area contributed by atoms with Crippen LogP contribution in [0.2, 0.25) is 0 Å². The SMILES string of the molecule is C=C(C)COCC(CN1c2ccccc2SCCC1c1ccccc1)N1CCCC1. The molecule has 2 atom stereocenters. The first-order chi connectivity index (χ1) is 14.7. The molecule has 2 aliphatic rings. The number of benzene rings is 2.